The zero-order valence-corrected chi connectivity index (χ0v) is 11.5. The summed E-state index contributed by atoms with van der Waals surface area (Å²) >= 11 is 0. The number of benzene rings is 1. The van der Waals surface area contributed by atoms with Gasteiger partial charge in [0.15, 0.2) is 11.5 Å². The van der Waals surface area contributed by atoms with Crippen molar-refractivity contribution in [1.82, 2.24) is 0 Å². The number of ether oxygens (including phenoxy) is 2. The number of carbonyl (C=O) groups is 1. The molecule has 5 heteroatoms. The van der Waals surface area contributed by atoms with E-state index in [0.29, 0.717) is 28.8 Å². The maximum Gasteiger partial charge on any atom is 0.227 e. The molecule has 0 aliphatic heterocycles. The lowest BCUT2D eigenvalue weighted by Gasteiger charge is -2.15. The second-order valence-corrected chi connectivity index (χ2v) is 4.91. The third-order valence-electron chi connectivity index (χ3n) is 3.56. The Kier molecular flexibility index (Phi) is 3.83. The lowest BCUT2D eigenvalue weighted by molar-refractivity contribution is -0.119. The van der Waals surface area contributed by atoms with Gasteiger partial charge in [-0.25, -0.2) is 0 Å². The van der Waals surface area contributed by atoms with E-state index in [1.807, 2.05) is 6.92 Å². The number of hydrogen-bond donors (Lipinski definition) is 2. The molecule has 0 radical (unpaired) electrons. The Bertz CT molecular complexity index is 484. The molecule has 0 saturated heterocycles. The largest absolute Gasteiger partial charge is 0.493 e. The number of amides is 1. The van der Waals surface area contributed by atoms with E-state index in [-0.39, 0.29) is 11.8 Å². The van der Waals surface area contributed by atoms with Gasteiger partial charge in [0.2, 0.25) is 5.91 Å². The van der Waals surface area contributed by atoms with E-state index in [0.717, 1.165) is 12.8 Å². The smallest absolute Gasteiger partial charge is 0.227 e. The van der Waals surface area contributed by atoms with Crippen LogP contribution in [0.15, 0.2) is 12.1 Å². The van der Waals surface area contributed by atoms with Crippen molar-refractivity contribution in [2.24, 2.45) is 11.8 Å². The molecule has 5 nitrogen and oxygen atoms in total. The van der Waals surface area contributed by atoms with Gasteiger partial charge < -0.3 is 20.5 Å². The van der Waals surface area contributed by atoms with Crippen LogP contribution in [0.4, 0.5) is 11.4 Å². The van der Waals surface area contributed by atoms with E-state index < -0.39 is 0 Å². The molecule has 0 heterocycles. The van der Waals surface area contributed by atoms with Crippen LogP contribution in [-0.4, -0.2) is 20.1 Å². The van der Waals surface area contributed by atoms with Crippen molar-refractivity contribution in [2.75, 3.05) is 25.3 Å². The summed E-state index contributed by atoms with van der Waals surface area (Å²) in [6.07, 6.45) is 2.27. The number of rotatable bonds is 5. The summed E-state index contributed by atoms with van der Waals surface area (Å²) in [6, 6.07) is 3.34. The van der Waals surface area contributed by atoms with E-state index in [4.69, 9.17) is 15.2 Å². The van der Waals surface area contributed by atoms with Gasteiger partial charge in [0.1, 0.15) is 0 Å². The Morgan fingerprint density at radius 3 is 2.42 bits per heavy atom. The van der Waals surface area contributed by atoms with Crippen LogP contribution < -0.4 is 20.5 Å². The molecule has 1 fully saturated rings. The summed E-state index contributed by atoms with van der Waals surface area (Å²) in [5, 5.41) is 2.86. The summed E-state index contributed by atoms with van der Waals surface area (Å²) in [5.41, 5.74) is 6.94. The fourth-order valence-corrected chi connectivity index (χ4v) is 2.06. The van der Waals surface area contributed by atoms with Gasteiger partial charge in [-0.2, -0.15) is 0 Å². The lowest BCUT2D eigenvalue weighted by Crippen LogP contribution is -2.22. The van der Waals surface area contributed by atoms with Gasteiger partial charge in [-0.1, -0.05) is 6.92 Å². The Morgan fingerprint density at radius 1 is 1.32 bits per heavy atom. The molecule has 0 bridgehead atoms. The van der Waals surface area contributed by atoms with Crippen LogP contribution in [0.25, 0.3) is 0 Å². The first kappa shape index (κ1) is 13.5. The number of methoxy groups -OCH3 is 2. The third kappa shape index (κ3) is 2.92. The van der Waals surface area contributed by atoms with Gasteiger partial charge >= 0.3 is 0 Å². The number of nitrogens with one attached hydrogen (secondary N) is 1. The van der Waals surface area contributed by atoms with E-state index in [1.165, 1.54) is 0 Å². The molecule has 1 aliphatic carbocycles. The van der Waals surface area contributed by atoms with Crippen LogP contribution in [0.5, 0.6) is 11.5 Å². The number of anilines is 2. The number of nitrogens with two attached hydrogens (primary N) is 1. The second-order valence-electron chi connectivity index (χ2n) is 4.91. The molecule has 1 saturated carbocycles. The minimum atomic E-state index is 0.00131. The average Bonchev–Trinajstić information content (AvgIpc) is 3.23. The average molecular weight is 264 g/mol. The summed E-state index contributed by atoms with van der Waals surface area (Å²) in [7, 11) is 3.09. The first-order valence-electron chi connectivity index (χ1n) is 6.39. The topological polar surface area (TPSA) is 73.6 Å². The SMILES string of the molecule is COc1cc(N)c(NC(=O)C(C)C2CC2)cc1OC. The van der Waals surface area contributed by atoms with Crippen LogP contribution >= 0.6 is 0 Å². The number of hydrogen-bond acceptors (Lipinski definition) is 4. The number of nitrogen functional groups attached to an aromatic ring is 1. The highest BCUT2D eigenvalue weighted by molar-refractivity contribution is 5.96. The van der Waals surface area contributed by atoms with Crippen molar-refractivity contribution in [3.63, 3.8) is 0 Å². The zero-order chi connectivity index (χ0) is 14.0. The predicted molar refractivity (Wildman–Crippen MR) is 74.5 cm³/mol. The molecule has 1 aromatic carbocycles. The van der Waals surface area contributed by atoms with Gasteiger partial charge in [-0.3, -0.25) is 4.79 Å². The maximum absolute atomic E-state index is 12.1. The molecule has 1 unspecified atom stereocenters. The lowest BCUT2D eigenvalue weighted by atomic mass is 10.1. The Balaban J connectivity index is 2.17. The molecule has 1 atom stereocenters. The summed E-state index contributed by atoms with van der Waals surface area (Å²) < 4.78 is 10.4. The molecule has 2 rings (SSSR count). The zero-order valence-electron chi connectivity index (χ0n) is 11.5. The first-order chi connectivity index (χ1) is 9.06. The van der Waals surface area contributed by atoms with Crippen LogP contribution in [-0.2, 0) is 4.79 Å². The highest BCUT2D eigenvalue weighted by Crippen LogP contribution is 2.38. The molecule has 1 aliphatic rings. The highest BCUT2D eigenvalue weighted by Gasteiger charge is 2.32. The van der Waals surface area contributed by atoms with Crippen LogP contribution in [0.1, 0.15) is 19.8 Å². The summed E-state index contributed by atoms with van der Waals surface area (Å²) in [4.78, 5) is 12.1. The van der Waals surface area contributed by atoms with Crippen molar-refractivity contribution in [3.8, 4) is 11.5 Å². The summed E-state index contributed by atoms with van der Waals surface area (Å²) in [6.45, 7) is 1.95. The van der Waals surface area contributed by atoms with Crippen LogP contribution in [0, 0.1) is 11.8 Å². The molecule has 1 amide bonds. The van der Waals surface area contributed by atoms with Crippen molar-refractivity contribution >= 4 is 17.3 Å². The van der Waals surface area contributed by atoms with E-state index in [1.54, 1.807) is 26.4 Å². The third-order valence-corrected chi connectivity index (χ3v) is 3.56. The van der Waals surface area contributed by atoms with Crippen molar-refractivity contribution in [1.29, 1.82) is 0 Å². The molecule has 1 aromatic rings. The van der Waals surface area contributed by atoms with Crippen molar-refractivity contribution in [3.05, 3.63) is 12.1 Å². The second kappa shape index (κ2) is 5.38. The van der Waals surface area contributed by atoms with Gasteiger partial charge in [0.25, 0.3) is 0 Å². The monoisotopic (exact) mass is 264 g/mol. The molecule has 0 aromatic heterocycles. The first-order valence-corrected chi connectivity index (χ1v) is 6.39. The Morgan fingerprint density at radius 2 is 1.89 bits per heavy atom. The molecular formula is C14H20N2O3. The van der Waals surface area contributed by atoms with Crippen LogP contribution in [0.3, 0.4) is 0 Å². The van der Waals surface area contributed by atoms with Crippen molar-refractivity contribution in [2.45, 2.75) is 19.8 Å². The predicted octanol–water partition coefficient (Wildman–Crippen LogP) is 2.27. The van der Waals surface area contributed by atoms with Gasteiger partial charge in [0, 0.05) is 18.1 Å². The van der Waals surface area contributed by atoms with Gasteiger partial charge in [-0.05, 0) is 18.8 Å². The molecule has 19 heavy (non-hydrogen) atoms. The summed E-state index contributed by atoms with van der Waals surface area (Å²) in [5.74, 6) is 1.63. The number of carbonyl (C=O) groups excluding carboxylic acids is 1. The van der Waals surface area contributed by atoms with E-state index >= 15 is 0 Å². The Labute approximate surface area is 113 Å². The minimum absolute atomic E-state index is 0.00131. The maximum atomic E-state index is 12.1. The van der Waals surface area contributed by atoms with Crippen molar-refractivity contribution < 1.29 is 14.3 Å². The quantitative estimate of drug-likeness (QED) is 0.800. The minimum Gasteiger partial charge on any atom is -0.493 e. The molecule has 0 spiro atoms. The fraction of sp³-hybridized carbons (Fsp3) is 0.500. The Hall–Kier alpha value is -1.91. The standard InChI is InChI=1S/C14H20N2O3/c1-8(9-4-5-9)14(17)16-11-7-13(19-3)12(18-2)6-10(11)15/h6-9H,4-5,15H2,1-3H3,(H,16,17). The van der Waals surface area contributed by atoms with Gasteiger partial charge in [-0.15, -0.1) is 0 Å². The van der Waals surface area contributed by atoms with Crippen LogP contribution in [0.2, 0.25) is 0 Å². The molecule has 104 valence electrons. The highest BCUT2D eigenvalue weighted by atomic mass is 16.5. The molecule has 3 N–H and O–H groups in total. The molecular weight excluding hydrogens is 244 g/mol. The van der Waals surface area contributed by atoms with E-state index in [2.05, 4.69) is 5.32 Å². The fourth-order valence-electron chi connectivity index (χ4n) is 2.06. The van der Waals surface area contributed by atoms with E-state index in [9.17, 15) is 4.79 Å². The normalized spacial score (nSPS) is 15.7. The van der Waals surface area contributed by atoms with Gasteiger partial charge in [0.05, 0.1) is 25.6 Å².